The van der Waals surface area contributed by atoms with Crippen molar-refractivity contribution >= 4 is 17.9 Å². The number of hydrogen-bond acceptors (Lipinski definition) is 4. The second kappa shape index (κ2) is 11.7. The van der Waals surface area contributed by atoms with Crippen LogP contribution in [0.5, 0.6) is 11.5 Å². The third kappa shape index (κ3) is 6.84. The van der Waals surface area contributed by atoms with Gasteiger partial charge in [-0.1, -0.05) is 65.2 Å². The van der Waals surface area contributed by atoms with E-state index in [0.29, 0.717) is 17.7 Å². The SMILES string of the molecule is CCCCCC(CC(=O)Nc1cc(C=O)ccc1C(C)(C)C)c1ccc(OC)cc1OC. The lowest BCUT2D eigenvalue weighted by Gasteiger charge is -2.24. The minimum absolute atomic E-state index is 0.0229. The Morgan fingerprint density at radius 3 is 2.41 bits per heavy atom. The zero-order valence-electron chi connectivity index (χ0n) is 20.3. The minimum atomic E-state index is -0.163. The molecule has 0 heterocycles. The highest BCUT2D eigenvalue weighted by molar-refractivity contribution is 5.93. The molecule has 0 radical (unpaired) electrons. The lowest BCUT2D eigenvalue weighted by Crippen LogP contribution is -2.21. The van der Waals surface area contributed by atoms with E-state index in [0.717, 1.165) is 54.6 Å². The van der Waals surface area contributed by atoms with Crippen molar-refractivity contribution in [2.45, 2.75) is 71.1 Å². The summed E-state index contributed by atoms with van der Waals surface area (Å²) < 4.78 is 10.9. The van der Waals surface area contributed by atoms with Crippen molar-refractivity contribution in [1.29, 1.82) is 0 Å². The number of ether oxygens (including phenoxy) is 2. The molecule has 0 aliphatic carbocycles. The van der Waals surface area contributed by atoms with Gasteiger partial charge in [0.1, 0.15) is 17.8 Å². The Hall–Kier alpha value is -2.82. The summed E-state index contributed by atoms with van der Waals surface area (Å²) >= 11 is 0. The predicted molar refractivity (Wildman–Crippen MR) is 130 cm³/mol. The number of unbranched alkanes of at least 4 members (excludes halogenated alkanes) is 2. The average Bonchev–Trinajstić information content (AvgIpc) is 2.77. The summed E-state index contributed by atoms with van der Waals surface area (Å²) in [7, 11) is 3.27. The molecule has 0 bridgehead atoms. The van der Waals surface area contributed by atoms with Crippen molar-refractivity contribution in [1.82, 2.24) is 0 Å². The van der Waals surface area contributed by atoms with Crippen molar-refractivity contribution in [2.75, 3.05) is 19.5 Å². The van der Waals surface area contributed by atoms with E-state index in [1.807, 2.05) is 24.3 Å². The van der Waals surface area contributed by atoms with Crippen LogP contribution in [0.4, 0.5) is 5.69 Å². The van der Waals surface area contributed by atoms with Gasteiger partial charge in [0.15, 0.2) is 0 Å². The van der Waals surface area contributed by atoms with Crippen molar-refractivity contribution in [3.8, 4) is 11.5 Å². The molecule has 0 aliphatic heterocycles. The van der Waals surface area contributed by atoms with Gasteiger partial charge >= 0.3 is 0 Å². The van der Waals surface area contributed by atoms with Crippen LogP contribution in [-0.2, 0) is 10.2 Å². The largest absolute Gasteiger partial charge is 0.497 e. The first kappa shape index (κ1) is 25.4. The second-order valence-electron chi connectivity index (χ2n) is 9.23. The highest BCUT2D eigenvalue weighted by atomic mass is 16.5. The van der Waals surface area contributed by atoms with Crippen molar-refractivity contribution in [2.24, 2.45) is 0 Å². The Morgan fingerprint density at radius 1 is 1.06 bits per heavy atom. The molecule has 174 valence electrons. The molecule has 5 heteroatoms. The first-order valence-corrected chi connectivity index (χ1v) is 11.3. The van der Waals surface area contributed by atoms with E-state index in [1.54, 1.807) is 26.4 Å². The van der Waals surface area contributed by atoms with Gasteiger partial charge < -0.3 is 14.8 Å². The number of anilines is 1. The number of amides is 1. The summed E-state index contributed by atoms with van der Waals surface area (Å²) in [6.07, 6.45) is 5.30. The Bertz CT molecular complexity index is 914. The third-order valence-electron chi connectivity index (χ3n) is 5.73. The van der Waals surface area contributed by atoms with Crippen LogP contribution in [-0.4, -0.2) is 26.4 Å². The minimum Gasteiger partial charge on any atom is -0.497 e. The molecule has 2 rings (SSSR count). The number of nitrogens with one attached hydrogen (secondary N) is 1. The fourth-order valence-corrected chi connectivity index (χ4v) is 3.98. The van der Waals surface area contributed by atoms with E-state index in [4.69, 9.17) is 9.47 Å². The summed E-state index contributed by atoms with van der Waals surface area (Å²) in [6, 6.07) is 11.2. The molecule has 1 N–H and O–H groups in total. The predicted octanol–water partition coefficient (Wildman–Crippen LogP) is 6.51. The van der Waals surface area contributed by atoms with E-state index in [-0.39, 0.29) is 17.2 Å². The van der Waals surface area contributed by atoms with Crippen LogP contribution >= 0.6 is 0 Å². The molecule has 32 heavy (non-hydrogen) atoms. The smallest absolute Gasteiger partial charge is 0.224 e. The molecule has 5 nitrogen and oxygen atoms in total. The highest BCUT2D eigenvalue weighted by Crippen LogP contribution is 2.36. The van der Waals surface area contributed by atoms with E-state index in [2.05, 4.69) is 33.0 Å². The first-order valence-electron chi connectivity index (χ1n) is 11.3. The molecule has 0 saturated carbocycles. The van der Waals surface area contributed by atoms with Gasteiger partial charge in [0.2, 0.25) is 5.91 Å². The topological polar surface area (TPSA) is 64.6 Å². The normalized spacial score (nSPS) is 12.2. The van der Waals surface area contributed by atoms with Gasteiger partial charge in [0.05, 0.1) is 14.2 Å². The van der Waals surface area contributed by atoms with Crippen molar-refractivity contribution < 1.29 is 19.1 Å². The van der Waals surface area contributed by atoms with Crippen LogP contribution in [0.1, 0.15) is 87.2 Å². The van der Waals surface area contributed by atoms with Gasteiger partial charge in [0.25, 0.3) is 0 Å². The average molecular weight is 440 g/mol. The van der Waals surface area contributed by atoms with Gasteiger partial charge in [-0.05, 0) is 41.0 Å². The molecule has 1 atom stereocenters. The third-order valence-corrected chi connectivity index (χ3v) is 5.73. The van der Waals surface area contributed by atoms with Gasteiger partial charge in [-0.2, -0.15) is 0 Å². The maximum Gasteiger partial charge on any atom is 0.224 e. The highest BCUT2D eigenvalue weighted by Gasteiger charge is 2.23. The molecule has 0 aliphatic rings. The number of hydrogen-bond donors (Lipinski definition) is 1. The molecule has 0 spiro atoms. The number of benzene rings is 2. The Labute approximate surface area is 192 Å². The van der Waals surface area contributed by atoms with Gasteiger partial charge in [-0.25, -0.2) is 0 Å². The standard InChI is InChI=1S/C27H37NO4/c1-7-8-9-10-20(22-13-12-21(31-5)17-25(22)32-6)16-26(30)28-24-15-19(18-29)11-14-23(24)27(2,3)4/h11-15,17-18,20H,7-10,16H2,1-6H3,(H,28,30). The summed E-state index contributed by atoms with van der Waals surface area (Å²) in [6.45, 7) is 8.45. The Morgan fingerprint density at radius 2 is 1.81 bits per heavy atom. The lowest BCUT2D eigenvalue weighted by atomic mass is 9.85. The number of carbonyl (C=O) groups is 2. The molecule has 0 fully saturated rings. The molecular formula is C27H37NO4. The number of aldehydes is 1. The summed E-state index contributed by atoms with van der Waals surface area (Å²) in [5, 5.41) is 3.08. The molecule has 0 aromatic heterocycles. The Kier molecular flexibility index (Phi) is 9.30. The maximum atomic E-state index is 13.2. The molecule has 0 saturated heterocycles. The molecule has 1 unspecified atom stereocenters. The zero-order chi connectivity index (χ0) is 23.7. The fourth-order valence-electron chi connectivity index (χ4n) is 3.98. The molecule has 1 amide bonds. The number of carbonyl (C=O) groups excluding carboxylic acids is 2. The van der Waals surface area contributed by atoms with E-state index >= 15 is 0 Å². The first-order chi connectivity index (χ1) is 15.2. The molecule has 2 aromatic carbocycles. The number of rotatable bonds is 11. The quantitative estimate of drug-likeness (QED) is 0.320. The van der Waals surface area contributed by atoms with E-state index in [9.17, 15) is 9.59 Å². The fraction of sp³-hybridized carbons (Fsp3) is 0.481. The van der Waals surface area contributed by atoms with Crippen LogP contribution in [0, 0.1) is 0 Å². The van der Waals surface area contributed by atoms with E-state index < -0.39 is 0 Å². The van der Waals surface area contributed by atoms with Crippen LogP contribution in [0.2, 0.25) is 0 Å². The van der Waals surface area contributed by atoms with Crippen molar-refractivity contribution in [3.05, 3.63) is 53.1 Å². The summed E-state index contributed by atoms with van der Waals surface area (Å²) in [5.41, 5.74) is 3.09. The van der Waals surface area contributed by atoms with Crippen LogP contribution in [0.15, 0.2) is 36.4 Å². The van der Waals surface area contributed by atoms with Gasteiger partial charge in [-0.15, -0.1) is 0 Å². The van der Waals surface area contributed by atoms with Crippen LogP contribution in [0.25, 0.3) is 0 Å². The lowest BCUT2D eigenvalue weighted by molar-refractivity contribution is -0.116. The zero-order valence-corrected chi connectivity index (χ0v) is 20.3. The van der Waals surface area contributed by atoms with Crippen molar-refractivity contribution in [3.63, 3.8) is 0 Å². The van der Waals surface area contributed by atoms with Crippen LogP contribution in [0.3, 0.4) is 0 Å². The van der Waals surface area contributed by atoms with Gasteiger partial charge in [0, 0.05) is 23.7 Å². The molecule has 2 aromatic rings. The summed E-state index contributed by atoms with van der Waals surface area (Å²) in [4.78, 5) is 24.5. The second-order valence-corrected chi connectivity index (χ2v) is 9.23. The maximum absolute atomic E-state index is 13.2. The molecular weight excluding hydrogens is 402 g/mol. The summed E-state index contributed by atoms with van der Waals surface area (Å²) in [5.74, 6) is 1.41. The Balaban J connectivity index is 2.31. The monoisotopic (exact) mass is 439 g/mol. The van der Waals surface area contributed by atoms with Crippen LogP contribution < -0.4 is 14.8 Å². The number of methoxy groups -OCH3 is 2. The van der Waals surface area contributed by atoms with E-state index in [1.165, 1.54) is 0 Å². The van der Waals surface area contributed by atoms with Gasteiger partial charge in [-0.3, -0.25) is 9.59 Å².